The third-order valence-corrected chi connectivity index (χ3v) is 6.91. The average molecular weight is 412 g/mol. The molecule has 3 N–H and O–H groups in total. The van der Waals surface area contributed by atoms with Gasteiger partial charge in [0, 0.05) is 0 Å². The molecule has 5 nitrogen and oxygen atoms in total. The molecular formula is C17H28F2O5P2. The van der Waals surface area contributed by atoms with Crippen LogP contribution in [0.5, 0.6) is 0 Å². The van der Waals surface area contributed by atoms with Crippen LogP contribution in [-0.4, -0.2) is 20.3 Å². The van der Waals surface area contributed by atoms with Gasteiger partial charge in [0.25, 0.3) is 0 Å². The van der Waals surface area contributed by atoms with Gasteiger partial charge in [-0.3, -0.25) is 4.57 Å². The van der Waals surface area contributed by atoms with E-state index in [2.05, 4.69) is 12.2 Å². The van der Waals surface area contributed by atoms with Crippen LogP contribution in [0.3, 0.4) is 0 Å². The lowest BCUT2D eigenvalue weighted by atomic mass is 10.1. The summed E-state index contributed by atoms with van der Waals surface area (Å²) in [6, 6.07) is 0. The van der Waals surface area contributed by atoms with Crippen molar-refractivity contribution >= 4 is 15.4 Å². The van der Waals surface area contributed by atoms with Crippen LogP contribution in [0.15, 0.2) is 46.5 Å². The highest BCUT2D eigenvalue weighted by Gasteiger charge is 2.55. The van der Waals surface area contributed by atoms with E-state index in [9.17, 15) is 23.0 Å². The number of hydrogen-bond acceptors (Lipinski definition) is 3. The van der Waals surface area contributed by atoms with E-state index in [1.54, 1.807) is 6.92 Å². The molecule has 0 heterocycles. The van der Waals surface area contributed by atoms with Gasteiger partial charge in [0.1, 0.15) is 0 Å². The Kier molecular flexibility index (Phi) is 10.6. The molecule has 0 fully saturated rings. The van der Waals surface area contributed by atoms with Gasteiger partial charge in [-0.15, -0.1) is 0 Å². The molecule has 1 atom stereocenters. The number of hydrogen-bond donors (Lipinski definition) is 3. The highest BCUT2D eigenvalue weighted by molar-refractivity contribution is 7.70. The maximum atomic E-state index is 13.3. The first-order valence-corrected chi connectivity index (χ1v) is 11.1. The number of alkyl halides is 2. The fourth-order valence-corrected chi connectivity index (χ4v) is 3.85. The quantitative estimate of drug-likeness (QED) is 0.175. The second-order valence-electron chi connectivity index (χ2n) is 6.39. The SMILES string of the molecule is CC(C)=CCC/C(C)=C/CC/C(C)=C/C=C(\O)[PH](=O)C(F)(F)P(=O)(O)O. The zero-order chi connectivity index (χ0) is 20.5. The first-order chi connectivity index (χ1) is 11.8. The van der Waals surface area contributed by atoms with Crippen molar-refractivity contribution in [2.75, 3.05) is 0 Å². The van der Waals surface area contributed by atoms with E-state index in [1.165, 1.54) is 17.2 Å². The van der Waals surface area contributed by atoms with Crippen molar-refractivity contribution in [3.8, 4) is 0 Å². The van der Waals surface area contributed by atoms with Crippen molar-refractivity contribution in [1.29, 1.82) is 0 Å². The van der Waals surface area contributed by atoms with E-state index in [4.69, 9.17) is 9.79 Å². The molecule has 0 saturated heterocycles. The fourth-order valence-electron chi connectivity index (χ4n) is 1.90. The van der Waals surface area contributed by atoms with E-state index in [0.717, 1.165) is 30.9 Å². The van der Waals surface area contributed by atoms with Crippen LogP contribution in [0.1, 0.15) is 53.4 Å². The molecular weight excluding hydrogens is 384 g/mol. The Morgan fingerprint density at radius 2 is 1.50 bits per heavy atom. The predicted molar refractivity (Wildman–Crippen MR) is 102 cm³/mol. The number of aliphatic hydroxyl groups is 1. The van der Waals surface area contributed by atoms with Crippen LogP contribution in [0.2, 0.25) is 0 Å². The summed E-state index contributed by atoms with van der Waals surface area (Å²) < 4.78 is 48.7. The molecule has 0 rings (SSSR count). The van der Waals surface area contributed by atoms with Crippen molar-refractivity contribution in [1.82, 2.24) is 0 Å². The summed E-state index contributed by atoms with van der Waals surface area (Å²) in [5.41, 5.74) is 2.04. The normalized spacial score (nSPS) is 15.8. The van der Waals surface area contributed by atoms with Gasteiger partial charge in [-0.1, -0.05) is 34.9 Å². The average Bonchev–Trinajstić information content (AvgIpc) is 2.50. The Labute approximate surface area is 154 Å². The Morgan fingerprint density at radius 1 is 1.00 bits per heavy atom. The van der Waals surface area contributed by atoms with E-state index < -0.39 is 26.3 Å². The number of allylic oxidation sites excluding steroid dienone is 7. The summed E-state index contributed by atoms with van der Waals surface area (Å²) in [6.07, 6.45) is 9.62. The van der Waals surface area contributed by atoms with Crippen molar-refractivity contribution in [3.05, 3.63) is 46.5 Å². The van der Waals surface area contributed by atoms with E-state index >= 15 is 0 Å². The molecule has 9 heteroatoms. The summed E-state index contributed by atoms with van der Waals surface area (Å²) in [5.74, 6) is 0. The second-order valence-corrected chi connectivity index (χ2v) is 10.3. The number of aliphatic hydroxyl groups excluding tert-OH is 1. The molecule has 0 spiro atoms. The molecule has 26 heavy (non-hydrogen) atoms. The fraction of sp³-hybridized carbons (Fsp3) is 0.529. The molecule has 0 aliphatic heterocycles. The van der Waals surface area contributed by atoms with Gasteiger partial charge in [0.15, 0.2) is 5.50 Å². The lowest BCUT2D eigenvalue weighted by molar-refractivity contribution is 0.140. The Hall–Kier alpha value is -1.00. The standard InChI is InChI=1S/C17H28F2O5P2/c1-13(2)7-5-8-14(3)9-6-10-15(4)11-12-16(20)25(21)17(18,19)26(22,23)24/h7,9,11-12,20,25H,5-6,8,10H2,1-4H3,(H2,22,23,24)/b14-9+,15-11+,16-12+. The number of rotatable bonds is 10. The van der Waals surface area contributed by atoms with Gasteiger partial charge >= 0.3 is 13.0 Å². The summed E-state index contributed by atoms with van der Waals surface area (Å²) in [5, 5.41) is 4.67. The molecule has 0 radical (unpaired) electrons. The first-order valence-electron chi connectivity index (χ1n) is 8.12. The predicted octanol–water partition coefficient (Wildman–Crippen LogP) is 6.09. The van der Waals surface area contributed by atoms with E-state index in [1.807, 2.05) is 20.8 Å². The zero-order valence-electron chi connectivity index (χ0n) is 15.5. The van der Waals surface area contributed by atoms with Crippen LogP contribution < -0.4 is 0 Å². The molecule has 0 amide bonds. The first kappa shape index (κ1) is 25.0. The highest BCUT2D eigenvalue weighted by atomic mass is 31.2. The third kappa shape index (κ3) is 9.09. The van der Waals surface area contributed by atoms with E-state index in [0.29, 0.717) is 6.42 Å². The van der Waals surface area contributed by atoms with Gasteiger partial charge < -0.3 is 19.5 Å². The molecule has 0 aliphatic rings. The Balaban J connectivity index is 4.73. The smallest absolute Gasteiger partial charge is 0.402 e. The zero-order valence-corrected chi connectivity index (χ0v) is 17.4. The van der Waals surface area contributed by atoms with Gasteiger partial charge in [-0.05, 0) is 59.5 Å². The van der Waals surface area contributed by atoms with E-state index in [-0.39, 0.29) is 0 Å². The maximum Gasteiger partial charge on any atom is 0.402 e. The van der Waals surface area contributed by atoms with Crippen LogP contribution in [0.25, 0.3) is 0 Å². The summed E-state index contributed by atoms with van der Waals surface area (Å²) in [4.78, 5) is 17.0. The van der Waals surface area contributed by atoms with Crippen molar-refractivity contribution in [2.45, 2.75) is 58.8 Å². The van der Waals surface area contributed by atoms with Crippen molar-refractivity contribution in [3.63, 3.8) is 0 Å². The summed E-state index contributed by atoms with van der Waals surface area (Å²) >= 11 is 0. The van der Waals surface area contributed by atoms with Gasteiger partial charge in [0.05, 0.1) is 0 Å². The minimum Gasteiger partial charge on any atom is -0.504 e. The Bertz CT molecular complexity index is 669. The minimum absolute atomic E-state index is 0.611. The Morgan fingerprint density at radius 3 is 2.00 bits per heavy atom. The lowest BCUT2D eigenvalue weighted by Crippen LogP contribution is -2.11. The van der Waals surface area contributed by atoms with Crippen LogP contribution in [-0.2, 0) is 9.13 Å². The monoisotopic (exact) mass is 412 g/mol. The molecule has 0 aromatic heterocycles. The maximum absolute atomic E-state index is 13.3. The van der Waals surface area contributed by atoms with Crippen LogP contribution in [0, 0.1) is 0 Å². The molecule has 0 aliphatic carbocycles. The van der Waals surface area contributed by atoms with Crippen LogP contribution in [0.4, 0.5) is 8.78 Å². The lowest BCUT2D eigenvalue weighted by Gasteiger charge is -2.16. The largest absolute Gasteiger partial charge is 0.504 e. The third-order valence-electron chi connectivity index (χ3n) is 3.52. The highest BCUT2D eigenvalue weighted by Crippen LogP contribution is 2.67. The molecule has 150 valence electrons. The minimum atomic E-state index is -5.90. The second kappa shape index (κ2) is 11.0. The van der Waals surface area contributed by atoms with Gasteiger partial charge in [0.2, 0.25) is 7.80 Å². The topological polar surface area (TPSA) is 94.8 Å². The molecule has 0 bridgehead atoms. The van der Waals surface area contributed by atoms with Crippen LogP contribution >= 0.6 is 15.4 Å². The van der Waals surface area contributed by atoms with Crippen molar-refractivity contribution in [2.24, 2.45) is 0 Å². The molecule has 0 aromatic carbocycles. The van der Waals surface area contributed by atoms with Gasteiger partial charge in [-0.2, -0.15) is 8.78 Å². The molecule has 0 saturated carbocycles. The summed E-state index contributed by atoms with van der Waals surface area (Å²) in [6.45, 7) is 7.83. The van der Waals surface area contributed by atoms with Crippen molar-refractivity contribution < 1.29 is 32.8 Å². The summed E-state index contributed by atoms with van der Waals surface area (Å²) in [7, 11) is -10.2. The number of halogens is 2. The molecule has 0 aromatic rings. The van der Waals surface area contributed by atoms with Gasteiger partial charge in [-0.25, -0.2) is 0 Å². The molecule has 1 unspecified atom stereocenters.